The van der Waals surface area contributed by atoms with Gasteiger partial charge >= 0.3 is 0 Å². The van der Waals surface area contributed by atoms with Gasteiger partial charge in [-0.2, -0.15) is 9.65 Å². The van der Waals surface area contributed by atoms with Crippen molar-refractivity contribution in [3.8, 4) is 6.07 Å². The largest absolute Gasteiger partial charge is 0.290 e. The van der Waals surface area contributed by atoms with Crippen LogP contribution in [-0.2, 0) is 0 Å². The highest BCUT2D eigenvalue weighted by Crippen LogP contribution is 2.30. The zero-order valence-electron chi connectivity index (χ0n) is 11.0. The van der Waals surface area contributed by atoms with E-state index in [4.69, 9.17) is 11.6 Å². The summed E-state index contributed by atoms with van der Waals surface area (Å²) < 4.78 is 14.0. The Bertz CT molecular complexity index is 919. The van der Waals surface area contributed by atoms with Crippen LogP contribution in [0.5, 0.6) is 0 Å². The third kappa shape index (κ3) is 2.69. The van der Waals surface area contributed by atoms with Gasteiger partial charge in [-0.3, -0.25) is 4.79 Å². The number of aromatic nitrogens is 2. The molecule has 2 aromatic heterocycles. The molecule has 3 rings (SSSR count). The Morgan fingerprint density at radius 1 is 1.32 bits per heavy atom. The zero-order chi connectivity index (χ0) is 15.7. The Kier molecular flexibility index (Phi) is 3.84. The lowest BCUT2D eigenvalue weighted by Crippen LogP contribution is -2.13. The number of fused-ring (bicyclic) bond motifs is 1. The minimum Gasteiger partial charge on any atom is -0.290 e. The van der Waals surface area contributed by atoms with Crippen LogP contribution in [0.4, 0.5) is 4.39 Å². The quantitative estimate of drug-likeness (QED) is 0.538. The minimum absolute atomic E-state index is 0.0937. The Morgan fingerprint density at radius 2 is 2.14 bits per heavy atom. The molecule has 0 unspecified atom stereocenters. The fraction of sp³-hybridized carbons (Fsp3) is 0.0667. The first-order chi connectivity index (χ1) is 10.6. The molecule has 22 heavy (non-hydrogen) atoms. The van der Waals surface area contributed by atoms with Gasteiger partial charge < -0.3 is 0 Å². The molecule has 0 fully saturated rings. The number of carbonyl (C=O) groups is 1. The maximum atomic E-state index is 13.1. The smallest absolute Gasteiger partial charge is 0.213 e. The average Bonchev–Trinajstić information content (AvgIpc) is 2.90. The lowest BCUT2D eigenvalue weighted by atomic mass is 10.0. The molecule has 0 spiro atoms. The van der Waals surface area contributed by atoms with Crippen molar-refractivity contribution in [2.45, 2.75) is 5.92 Å². The molecular weight excluding hydrogens is 325 g/mol. The predicted octanol–water partition coefficient (Wildman–Crippen LogP) is 3.97. The molecule has 0 amide bonds. The molecule has 0 aliphatic carbocycles. The Labute approximate surface area is 133 Å². The van der Waals surface area contributed by atoms with E-state index in [1.165, 1.54) is 23.5 Å². The van der Waals surface area contributed by atoms with Crippen LogP contribution >= 0.6 is 22.9 Å². The summed E-state index contributed by atoms with van der Waals surface area (Å²) in [6, 6.07) is 11.0. The highest BCUT2D eigenvalue weighted by Gasteiger charge is 2.26. The van der Waals surface area contributed by atoms with E-state index in [2.05, 4.69) is 9.97 Å². The van der Waals surface area contributed by atoms with Gasteiger partial charge in [0.25, 0.3) is 0 Å². The number of hydrogen-bond acceptors (Lipinski definition) is 5. The fourth-order valence-electron chi connectivity index (χ4n) is 1.96. The van der Waals surface area contributed by atoms with E-state index < -0.39 is 17.6 Å². The maximum Gasteiger partial charge on any atom is 0.213 e. The van der Waals surface area contributed by atoms with Gasteiger partial charge in [0.15, 0.2) is 5.92 Å². The Balaban J connectivity index is 2.02. The molecule has 0 saturated heterocycles. The van der Waals surface area contributed by atoms with Crippen molar-refractivity contribution in [2.24, 2.45) is 0 Å². The van der Waals surface area contributed by atoms with Crippen LogP contribution in [0.2, 0.25) is 5.02 Å². The zero-order valence-corrected chi connectivity index (χ0v) is 12.5. The summed E-state index contributed by atoms with van der Waals surface area (Å²) in [5, 5.41) is 10.2. The van der Waals surface area contributed by atoms with Crippen LogP contribution in [-0.4, -0.2) is 15.8 Å². The molecule has 4 nitrogen and oxygen atoms in total. The first kappa shape index (κ1) is 14.6. The summed E-state index contributed by atoms with van der Waals surface area (Å²) in [5.74, 6) is -2.46. The Hall–Kier alpha value is -2.36. The van der Waals surface area contributed by atoms with Crippen molar-refractivity contribution in [1.29, 1.82) is 5.26 Å². The second-order valence-electron chi connectivity index (χ2n) is 4.44. The van der Waals surface area contributed by atoms with Gasteiger partial charge in [0.1, 0.15) is 10.7 Å². The number of nitrogens with zero attached hydrogens (tertiary/aromatic N) is 3. The molecule has 0 bridgehead atoms. The second-order valence-corrected chi connectivity index (χ2v) is 5.93. The molecule has 0 aliphatic rings. The number of pyridine rings is 1. The third-order valence-electron chi connectivity index (χ3n) is 2.97. The monoisotopic (exact) mass is 331 g/mol. The molecule has 3 aromatic rings. The van der Waals surface area contributed by atoms with Gasteiger partial charge in [-0.1, -0.05) is 17.7 Å². The van der Waals surface area contributed by atoms with Gasteiger partial charge in [0.05, 0.1) is 16.3 Å². The van der Waals surface area contributed by atoms with E-state index in [0.29, 0.717) is 15.5 Å². The van der Waals surface area contributed by atoms with Crippen molar-refractivity contribution >= 4 is 38.9 Å². The van der Waals surface area contributed by atoms with Crippen LogP contribution in [0.3, 0.4) is 0 Å². The fourth-order valence-corrected chi connectivity index (χ4v) is 3.12. The van der Waals surface area contributed by atoms with E-state index in [-0.39, 0.29) is 5.69 Å². The van der Waals surface area contributed by atoms with E-state index in [1.54, 1.807) is 18.2 Å². The molecule has 0 N–H and O–H groups in total. The van der Waals surface area contributed by atoms with Gasteiger partial charge in [-0.25, -0.2) is 9.97 Å². The van der Waals surface area contributed by atoms with Crippen LogP contribution in [0.1, 0.15) is 21.4 Å². The summed E-state index contributed by atoms with van der Waals surface area (Å²) in [7, 11) is 0. The number of ketones is 1. The molecule has 108 valence electrons. The summed E-state index contributed by atoms with van der Waals surface area (Å²) in [5.41, 5.74) is 0.525. The molecule has 0 saturated carbocycles. The Morgan fingerprint density at radius 3 is 2.86 bits per heavy atom. The van der Waals surface area contributed by atoms with Gasteiger partial charge in [-0.15, -0.1) is 11.3 Å². The van der Waals surface area contributed by atoms with Crippen molar-refractivity contribution in [2.75, 3.05) is 0 Å². The first-order valence-corrected chi connectivity index (χ1v) is 7.40. The molecule has 0 aliphatic heterocycles. The van der Waals surface area contributed by atoms with Crippen LogP contribution in [0.25, 0.3) is 10.2 Å². The average molecular weight is 332 g/mol. The lowest BCUT2D eigenvalue weighted by molar-refractivity contribution is 0.0973. The normalized spacial score (nSPS) is 12.0. The number of carbonyl (C=O) groups excluding carboxylic acids is 1. The number of benzene rings is 1. The number of hydrogen-bond donors (Lipinski definition) is 0. The molecule has 1 atom stereocenters. The van der Waals surface area contributed by atoms with E-state index >= 15 is 0 Å². The van der Waals surface area contributed by atoms with Gasteiger partial charge in [-0.05, 0) is 30.3 Å². The molecule has 0 radical (unpaired) electrons. The SMILES string of the molecule is N#C[C@H](C(=O)c1cccc(F)n1)c1nc2cc(Cl)ccc2s1. The van der Waals surface area contributed by atoms with Crippen molar-refractivity contribution in [3.63, 3.8) is 0 Å². The maximum absolute atomic E-state index is 13.1. The third-order valence-corrected chi connectivity index (χ3v) is 4.31. The number of thiazole rings is 1. The number of halogens is 2. The molecule has 7 heteroatoms. The predicted molar refractivity (Wildman–Crippen MR) is 81.5 cm³/mol. The highest BCUT2D eigenvalue weighted by molar-refractivity contribution is 7.18. The molecule has 1 aromatic carbocycles. The van der Waals surface area contributed by atoms with Crippen molar-refractivity contribution in [1.82, 2.24) is 9.97 Å². The summed E-state index contributed by atoms with van der Waals surface area (Å²) in [6.45, 7) is 0. The first-order valence-electron chi connectivity index (χ1n) is 6.21. The standard InChI is InChI=1S/C15H7ClFN3OS/c16-8-4-5-12-11(6-8)20-15(22-12)9(7-18)14(21)10-2-1-3-13(17)19-10/h1-6,9H/t9-/m1/s1. The van der Waals surface area contributed by atoms with Crippen LogP contribution < -0.4 is 0 Å². The van der Waals surface area contributed by atoms with E-state index in [1.807, 2.05) is 6.07 Å². The number of Topliss-reactive ketones (excluding diaryl/α,β-unsaturated/α-hetero) is 1. The second kappa shape index (κ2) is 5.79. The van der Waals surface area contributed by atoms with Crippen LogP contribution in [0, 0.1) is 17.3 Å². The molecular formula is C15H7ClFN3OS. The van der Waals surface area contributed by atoms with E-state index in [9.17, 15) is 14.4 Å². The topological polar surface area (TPSA) is 66.6 Å². The van der Waals surface area contributed by atoms with Crippen molar-refractivity contribution < 1.29 is 9.18 Å². The van der Waals surface area contributed by atoms with Crippen molar-refractivity contribution in [3.05, 3.63) is 58.1 Å². The summed E-state index contributed by atoms with van der Waals surface area (Å²) in [4.78, 5) is 20.2. The molecule has 2 heterocycles. The summed E-state index contributed by atoms with van der Waals surface area (Å²) >= 11 is 7.13. The minimum atomic E-state index is -1.12. The lowest BCUT2D eigenvalue weighted by Gasteiger charge is -2.03. The van der Waals surface area contributed by atoms with Gasteiger partial charge in [0.2, 0.25) is 11.7 Å². The number of nitriles is 1. The van der Waals surface area contributed by atoms with Crippen LogP contribution in [0.15, 0.2) is 36.4 Å². The van der Waals surface area contributed by atoms with E-state index in [0.717, 1.165) is 10.8 Å². The summed E-state index contributed by atoms with van der Waals surface area (Å²) in [6.07, 6.45) is 0. The van der Waals surface area contributed by atoms with Gasteiger partial charge in [0, 0.05) is 5.02 Å². The number of rotatable bonds is 3. The highest BCUT2D eigenvalue weighted by atomic mass is 35.5.